The zero-order valence-corrected chi connectivity index (χ0v) is 17.4. The lowest BCUT2D eigenvalue weighted by atomic mass is 10.2. The van der Waals surface area contributed by atoms with Crippen LogP contribution in [-0.2, 0) is 11.3 Å². The lowest BCUT2D eigenvalue weighted by molar-refractivity contribution is -0.127. The summed E-state index contributed by atoms with van der Waals surface area (Å²) in [6.07, 6.45) is 1.52. The van der Waals surface area contributed by atoms with E-state index < -0.39 is 0 Å². The minimum atomic E-state index is -0.258. The van der Waals surface area contributed by atoms with Crippen molar-refractivity contribution in [3.05, 3.63) is 64.9 Å². The molecular weight excluding hydrogens is 413 g/mol. The SMILES string of the molecule is CN(Cc1cccs1)C(=O)CSc1ncnc2cc(-c3ccc(F)cc3)sc12. The van der Waals surface area contributed by atoms with Crippen LogP contribution in [0.2, 0.25) is 0 Å². The molecule has 0 N–H and O–H groups in total. The Bertz CT molecular complexity index is 1090. The number of amides is 1. The number of benzene rings is 1. The minimum absolute atomic E-state index is 0.0560. The van der Waals surface area contributed by atoms with Crippen LogP contribution in [0.3, 0.4) is 0 Å². The smallest absolute Gasteiger partial charge is 0.233 e. The van der Waals surface area contributed by atoms with Gasteiger partial charge in [0, 0.05) is 16.8 Å². The Balaban J connectivity index is 1.49. The van der Waals surface area contributed by atoms with Gasteiger partial charge in [-0.25, -0.2) is 14.4 Å². The summed E-state index contributed by atoms with van der Waals surface area (Å²) in [5.74, 6) is 0.115. The van der Waals surface area contributed by atoms with Crippen molar-refractivity contribution in [2.24, 2.45) is 0 Å². The summed E-state index contributed by atoms with van der Waals surface area (Å²) in [5.41, 5.74) is 1.77. The molecule has 0 bridgehead atoms. The molecule has 0 spiro atoms. The zero-order valence-electron chi connectivity index (χ0n) is 15.0. The van der Waals surface area contributed by atoms with Gasteiger partial charge in [-0.1, -0.05) is 30.0 Å². The van der Waals surface area contributed by atoms with Crippen LogP contribution in [0.5, 0.6) is 0 Å². The molecule has 0 atom stereocenters. The highest BCUT2D eigenvalue weighted by molar-refractivity contribution is 8.00. The van der Waals surface area contributed by atoms with Gasteiger partial charge in [-0.15, -0.1) is 22.7 Å². The lowest BCUT2D eigenvalue weighted by Gasteiger charge is -2.15. The number of aromatic nitrogens is 2. The number of thioether (sulfide) groups is 1. The number of carbonyl (C=O) groups excluding carboxylic acids is 1. The Morgan fingerprint density at radius 2 is 2.04 bits per heavy atom. The quantitative estimate of drug-likeness (QED) is 0.308. The second-order valence-corrected chi connectivity index (χ2v) is 9.18. The fraction of sp³-hybridized carbons (Fsp3) is 0.150. The molecule has 0 saturated heterocycles. The third kappa shape index (κ3) is 4.24. The third-order valence-electron chi connectivity index (χ3n) is 4.14. The summed E-state index contributed by atoms with van der Waals surface area (Å²) in [6, 6.07) is 12.4. The number of halogens is 1. The molecule has 1 amide bonds. The van der Waals surface area contributed by atoms with Crippen molar-refractivity contribution >= 4 is 50.6 Å². The first-order chi connectivity index (χ1) is 13.6. The van der Waals surface area contributed by atoms with Gasteiger partial charge in [-0.3, -0.25) is 4.79 Å². The van der Waals surface area contributed by atoms with E-state index in [2.05, 4.69) is 9.97 Å². The molecular formula is C20H16FN3OS3. The van der Waals surface area contributed by atoms with Crippen LogP contribution in [0.25, 0.3) is 20.7 Å². The van der Waals surface area contributed by atoms with E-state index in [1.165, 1.54) is 30.2 Å². The van der Waals surface area contributed by atoms with Crippen molar-refractivity contribution in [2.45, 2.75) is 11.6 Å². The fourth-order valence-corrected chi connectivity index (χ4v) is 5.55. The highest BCUT2D eigenvalue weighted by Gasteiger charge is 2.15. The molecule has 0 aliphatic rings. The van der Waals surface area contributed by atoms with Crippen LogP contribution in [0, 0.1) is 5.82 Å². The molecule has 8 heteroatoms. The van der Waals surface area contributed by atoms with Crippen molar-refractivity contribution < 1.29 is 9.18 Å². The van der Waals surface area contributed by atoms with Gasteiger partial charge in [0.2, 0.25) is 5.91 Å². The lowest BCUT2D eigenvalue weighted by Crippen LogP contribution is -2.27. The first-order valence-electron chi connectivity index (χ1n) is 8.50. The number of rotatable bonds is 6. The summed E-state index contributed by atoms with van der Waals surface area (Å²) in [7, 11) is 1.82. The topological polar surface area (TPSA) is 46.1 Å². The summed E-state index contributed by atoms with van der Waals surface area (Å²) < 4.78 is 14.1. The summed E-state index contributed by atoms with van der Waals surface area (Å²) in [6.45, 7) is 0.615. The van der Waals surface area contributed by atoms with Crippen molar-refractivity contribution in [3.8, 4) is 10.4 Å². The number of carbonyl (C=O) groups is 1. The third-order valence-corrected chi connectivity index (χ3v) is 7.28. The van der Waals surface area contributed by atoms with Gasteiger partial charge < -0.3 is 4.90 Å². The first kappa shape index (κ1) is 19.0. The standard InChI is InChI=1S/C20H16FN3OS3/c1-24(10-15-3-2-8-26-15)18(25)11-27-20-19-16(22-12-23-20)9-17(28-19)13-4-6-14(21)7-5-13/h2-9,12H,10-11H2,1H3. The molecule has 28 heavy (non-hydrogen) atoms. The van der Waals surface area contributed by atoms with Crippen LogP contribution in [0.1, 0.15) is 4.88 Å². The van der Waals surface area contributed by atoms with Gasteiger partial charge in [0.05, 0.1) is 22.5 Å². The normalized spacial score (nSPS) is 11.1. The van der Waals surface area contributed by atoms with Crippen molar-refractivity contribution in [1.29, 1.82) is 0 Å². The van der Waals surface area contributed by atoms with E-state index in [4.69, 9.17) is 0 Å². The van der Waals surface area contributed by atoms with Crippen LogP contribution in [0.15, 0.2) is 59.2 Å². The van der Waals surface area contributed by atoms with E-state index in [1.54, 1.807) is 39.7 Å². The van der Waals surface area contributed by atoms with Crippen molar-refractivity contribution in [1.82, 2.24) is 14.9 Å². The molecule has 0 unspecified atom stereocenters. The number of hydrogen-bond acceptors (Lipinski definition) is 6. The number of hydrogen-bond donors (Lipinski definition) is 0. The number of fused-ring (bicyclic) bond motifs is 1. The summed E-state index contributed by atoms with van der Waals surface area (Å²) in [4.78, 5) is 25.1. The average Bonchev–Trinajstić information content (AvgIpc) is 3.36. The van der Waals surface area contributed by atoms with Gasteiger partial charge in [0.1, 0.15) is 17.2 Å². The van der Waals surface area contributed by atoms with Crippen molar-refractivity contribution in [3.63, 3.8) is 0 Å². The predicted octanol–water partition coefficient (Wildman–Crippen LogP) is 5.31. The molecule has 0 aliphatic carbocycles. The summed E-state index contributed by atoms with van der Waals surface area (Å²) >= 11 is 4.62. The van der Waals surface area contributed by atoms with Gasteiger partial charge in [-0.2, -0.15) is 0 Å². The van der Waals surface area contributed by atoms with Crippen LogP contribution in [-0.4, -0.2) is 33.6 Å². The molecule has 0 radical (unpaired) electrons. The Morgan fingerprint density at radius 1 is 1.21 bits per heavy atom. The number of nitrogens with zero attached hydrogens (tertiary/aromatic N) is 3. The second-order valence-electron chi connectivity index (χ2n) is 6.13. The Hall–Kier alpha value is -2.29. The molecule has 3 heterocycles. The van der Waals surface area contributed by atoms with E-state index in [9.17, 15) is 9.18 Å². The van der Waals surface area contributed by atoms with E-state index >= 15 is 0 Å². The van der Waals surface area contributed by atoms with Crippen LogP contribution < -0.4 is 0 Å². The highest BCUT2D eigenvalue weighted by atomic mass is 32.2. The Morgan fingerprint density at radius 3 is 2.79 bits per heavy atom. The molecule has 0 fully saturated rings. The molecule has 4 aromatic rings. The fourth-order valence-electron chi connectivity index (χ4n) is 2.66. The maximum atomic E-state index is 13.2. The van der Waals surface area contributed by atoms with Gasteiger partial charge >= 0.3 is 0 Å². The van der Waals surface area contributed by atoms with Crippen LogP contribution >= 0.6 is 34.4 Å². The van der Waals surface area contributed by atoms with Gasteiger partial charge in [0.15, 0.2) is 0 Å². The van der Waals surface area contributed by atoms with E-state index in [1.807, 2.05) is 30.6 Å². The van der Waals surface area contributed by atoms with E-state index in [0.717, 1.165) is 30.6 Å². The maximum Gasteiger partial charge on any atom is 0.233 e. The Labute approximate surface area is 174 Å². The summed E-state index contributed by atoms with van der Waals surface area (Å²) in [5, 5.41) is 2.80. The van der Waals surface area contributed by atoms with E-state index in [-0.39, 0.29) is 11.7 Å². The minimum Gasteiger partial charge on any atom is -0.340 e. The Kier molecular flexibility index (Phi) is 5.70. The highest BCUT2D eigenvalue weighted by Crippen LogP contribution is 2.37. The average molecular weight is 430 g/mol. The molecule has 0 saturated carbocycles. The molecule has 4 nitrogen and oxygen atoms in total. The van der Waals surface area contributed by atoms with E-state index in [0.29, 0.717) is 12.3 Å². The molecule has 0 aliphatic heterocycles. The second kappa shape index (κ2) is 8.38. The molecule has 3 aromatic heterocycles. The van der Waals surface area contributed by atoms with Crippen LogP contribution in [0.4, 0.5) is 4.39 Å². The number of thiophene rings is 2. The zero-order chi connectivity index (χ0) is 19.5. The van der Waals surface area contributed by atoms with Gasteiger partial charge in [-0.05, 0) is 35.2 Å². The largest absolute Gasteiger partial charge is 0.340 e. The molecule has 1 aromatic carbocycles. The maximum absolute atomic E-state index is 13.2. The van der Waals surface area contributed by atoms with Gasteiger partial charge in [0.25, 0.3) is 0 Å². The predicted molar refractivity (Wildman–Crippen MR) is 114 cm³/mol. The molecule has 142 valence electrons. The van der Waals surface area contributed by atoms with Crippen molar-refractivity contribution in [2.75, 3.05) is 12.8 Å². The molecule has 4 rings (SSSR count). The first-order valence-corrected chi connectivity index (χ1v) is 11.2. The monoisotopic (exact) mass is 429 g/mol.